The van der Waals surface area contributed by atoms with Crippen LogP contribution < -0.4 is 10.5 Å². The van der Waals surface area contributed by atoms with Crippen LogP contribution in [-0.4, -0.2) is 36.5 Å². The fourth-order valence-corrected chi connectivity index (χ4v) is 2.94. The molecule has 1 aliphatic rings. The quantitative estimate of drug-likeness (QED) is 0.928. The van der Waals surface area contributed by atoms with Gasteiger partial charge in [0, 0.05) is 17.6 Å². The van der Waals surface area contributed by atoms with Crippen molar-refractivity contribution in [2.75, 3.05) is 19.7 Å². The molecule has 1 aromatic carbocycles. The summed E-state index contributed by atoms with van der Waals surface area (Å²) in [5.74, 6) is 0.805. The van der Waals surface area contributed by atoms with Crippen LogP contribution in [0.3, 0.4) is 0 Å². The standard InChI is InChI=1S/C14H18Cl2N2O2/c1-9-4-10(6-17)7-18(9)14(19)8-20-13-3-2-11(15)5-12(13)16/h2-3,5,9-10H,4,6-8,17H2,1H3. The molecule has 0 radical (unpaired) electrons. The highest BCUT2D eigenvalue weighted by atomic mass is 35.5. The van der Waals surface area contributed by atoms with Crippen LogP contribution in [-0.2, 0) is 4.79 Å². The molecule has 0 aliphatic carbocycles. The minimum atomic E-state index is -0.0422. The lowest BCUT2D eigenvalue weighted by molar-refractivity contribution is -0.134. The normalized spacial score (nSPS) is 22.1. The van der Waals surface area contributed by atoms with Gasteiger partial charge in [-0.05, 0) is 44.0 Å². The lowest BCUT2D eigenvalue weighted by Crippen LogP contribution is -2.37. The predicted octanol–water partition coefficient (Wildman–Crippen LogP) is 2.57. The molecule has 2 rings (SSSR count). The number of nitrogens with two attached hydrogens (primary N) is 1. The topological polar surface area (TPSA) is 55.6 Å². The summed E-state index contributed by atoms with van der Waals surface area (Å²) in [5.41, 5.74) is 5.66. The Morgan fingerprint density at radius 1 is 1.50 bits per heavy atom. The highest BCUT2D eigenvalue weighted by Crippen LogP contribution is 2.28. The van der Waals surface area contributed by atoms with Gasteiger partial charge < -0.3 is 15.4 Å². The van der Waals surface area contributed by atoms with Crippen LogP contribution in [0.5, 0.6) is 5.75 Å². The number of ether oxygens (including phenoxy) is 1. The van der Waals surface area contributed by atoms with Gasteiger partial charge in [-0.3, -0.25) is 4.79 Å². The van der Waals surface area contributed by atoms with Crippen molar-refractivity contribution in [3.05, 3.63) is 28.2 Å². The second-order valence-electron chi connectivity index (χ2n) is 5.10. The van der Waals surface area contributed by atoms with Gasteiger partial charge in [-0.25, -0.2) is 0 Å². The Labute approximate surface area is 128 Å². The smallest absolute Gasteiger partial charge is 0.260 e. The minimum Gasteiger partial charge on any atom is -0.482 e. The summed E-state index contributed by atoms with van der Waals surface area (Å²) in [6, 6.07) is 5.14. The monoisotopic (exact) mass is 316 g/mol. The SMILES string of the molecule is CC1CC(CN)CN1C(=O)COc1ccc(Cl)cc1Cl. The molecule has 1 aliphatic heterocycles. The van der Waals surface area contributed by atoms with Gasteiger partial charge in [0.15, 0.2) is 6.61 Å². The number of likely N-dealkylation sites (tertiary alicyclic amines) is 1. The van der Waals surface area contributed by atoms with Gasteiger partial charge in [-0.1, -0.05) is 23.2 Å². The van der Waals surface area contributed by atoms with Crippen LogP contribution in [0.1, 0.15) is 13.3 Å². The third kappa shape index (κ3) is 3.57. The number of hydrogen-bond donors (Lipinski definition) is 1. The van der Waals surface area contributed by atoms with E-state index in [1.165, 1.54) is 0 Å². The average Bonchev–Trinajstić information content (AvgIpc) is 2.79. The summed E-state index contributed by atoms with van der Waals surface area (Å²) in [4.78, 5) is 14.0. The molecule has 1 saturated heterocycles. The molecule has 2 atom stereocenters. The van der Waals surface area contributed by atoms with Crippen molar-refractivity contribution < 1.29 is 9.53 Å². The first kappa shape index (κ1) is 15.4. The van der Waals surface area contributed by atoms with Crippen molar-refractivity contribution in [1.29, 1.82) is 0 Å². The zero-order valence-corrected chi connectivity index (χ0v) is 12.8. The number of nitrogens with zero attached hydrogens (tertiary/aromatic N) is 1. The van der Waals surface area contributed by atoms with Crippen LogP contribution in [0.25, 0.3) is 0 Å². The van der Waals surface area contributed by atoms with Gasteiger partial charge in [0.2, 0.25) is 0 Å². The van der Waals surface area contributed by atoms with E-state index >= 15 is 0 Å². The third-order valence-corrected chi connectivity index (χ3v) is 4.09. The van der Waals surface area contributed by atoms with Crippen molar-refractivity contribution in [2.24, 2.45) is 11.7 Å². The number of carbonyl (C=O) groups is 1. The van der Waals surface area contributed by atoms with E-state index in [1.54, 1.807) is 18.2 Å². The van der Waals surface area contributed by atoms with Crippen LogP contribution >= 0.6 is 23.2 Å². The van der Waals surface area contributed by atoms with Crippen molar-refractivity contribution in [2.45, 2.75) is 19.4 Å². The molecule has 6 heteroatoms. The Morgan fingerprint density at radius 2 is 2.25 bits per heavy atom. The maximum absolute atomic E-state index is 12.2. The maximum atomic E-state index is 12.2. The number of rotatable bonds is 4. The lowest BCUT2D eigenvalue weighted by Gasteiger charge is -2.21. The second kappa shape index (κ2) is 6.66. The Morgan fingerprint density at radius 3 is 2.85 bits per heavy atom. The van der Waals surface area contributed by atoms with Crippen molar-refractivity contribution in [3.63, 3.8) is 0 Å². The molecule has 0 aromatic heterocycles. The Balaban J connectivity index is 1.92. The lowest BCUT2D eigenvalue weighted by atomic mass is 10.1. The molecule has 0 spiro atoms. The molecule has 110 valence electrons. The van der Waals surface area contributed by atoms with Gasteiger partial charge in [-0.2, -0.15) is 0 Å². The Kier molecular flexibility index (Phi) is 5.13. The summed E-state index contributed by atoms with van der Waals surface area (Å²) in [5, 5.41) is 0.937. The van der Waals surface area contributed by atoms with E-state index in [-0.39, 0.29) is 18.6 Å². The molecule has 1 aromatic rings. The molecule has 0 bridgehead atoms. The van der Waals surface area contributed by atoms with E-state index in [0.29, 0.717) is 34.8 Å². The summed E-state index contributed by atoms with van der Waals surface area (Å²) >= 11 is 11.8. The largest absolute Gasteiger partial charge is 0.482 e. The molecule has 20 heavy (non-hydrogen) atoms. The molecule has 1 amide bonds. The number of halogens is 2. The van der Waals surface area contributed by atoms with E-state index < -0.39 is 0 Å². The zero-order valence-electron chi connectivity index (χ0n) is 11.3. The summed E-state index contributed by atoms with van der Waals surface area (Å²) in [7, 11) is 0. The number of carbonyl (C=O) groups excluding carboxylic acids is 1. The second-order valence-corrected chi connectivity index (χ2v) is 5.94. The van der Waals surface area contributed by atoms with E-state index in [4.69, 9.17) is 33.7 Å². The molecule has 4 nitrogen and oxygen atoms in total. The molecule has 2 unspecified atom stereocenters. The van der Waals surface area contributed by atoms with Crippen LogP contribution in [0.4, 0.5) is 0 Å². The molecule has 0 saturated carbocycles. The predicted molar refractivity (Wildman–Crippen MR) is 80.3 cm³/mol. The number of amides is 1. The van der Waals surface area contributed by atoms with Crippen LogP contribution in [0.2, 0.25) is 10.0 Å². The van der Waals surface area contributed by atoms with Gasteiger partial charge in [0.25, 0.3) is 5.91 Å². The summed E-state index contributed by atoms with van der Waals surface area (Å²) in [6.45, 7) is 3.32. The van der Waals surface area contributed by atoms with E-state index in [0.717, 1.165) is 6.42 Å². The first-order valence-corrected chi connectivity index (χ1v) is 7.34. The van der Waals surface area contributed by atoms with Gasteiger partial charge in [0.05, 0.1) is 5.02 Å². The van der Waals surface area contributed by atoms with Crippen molar-refractivity contribution >= 4 is 29.1 Å². The van der Waals surface area contributed by atoms with E-state index in [2.05, 4.69) is 0 Å². The van der Waals surface area contributed by atoms with Gasteiger partial charge >= 0.3 is 0 Å². The third-order valence-electron chi connectivity index (χ3n) is 3.56. The van der Waals surface area contributed by atoms with Crippen LogP contribution in [0.15, 0.2) is 18.2 Å². The molecule has 1 fully saturated rings. The zero-order chi connectivity index (χ0) is 14.7. The number of benzene rings is 1. The molecule has 1 heterocycles. The summed E-state index contributed by atoms with van der Waals surface area (Å²) < 4.78 is 5.47. The van der Waals surface area contributed by atoms with E-state index in [9.17, 15) is 4.79 Å². The minimum absolute atomic E-state index is 0.0248. The highest BCUT2D eigenvalue weighted by Gasteiger charge is 2.31. The van der Waals surface area contributed by atoms with Crippen molar-refractivity contribution in [3.8, 4) is 5.75 Å². The van der Waals surface area contributed by atoms with E-state index in [1.807, 2.05) is 11.8 Å². The first-order valence-electron chi connectivity index (χ1n) is 6.58. The number of hydrogen-bond acceptors (Lipinski definition) is 3. The van der Waals surface area contributed by atoms with Crippen molar-refractivity contribution in [1.82, 2.24) is 4.90 Å². The molecule has 2 N–H and O–H groups in total. The van der Waals surface area contributed by atoms with Gasteiger partial charge in [-0.15, -0.1) is 0 Å². The summed E-state index contributed by atoms with van der Waals surface area (Å²) in [6.07, 6.45) is 0.948. The van der Waals surface area contributed by atoms with Gasteiger partial charge in [0.1, 0.15) is 5.75 Å². The highest BCUT2D eigenvalue weighted by molar-refractivity contribution is 6.35. The molecular formula is C14H18Cl2N2O2. The fraction of sp³-hybridized carbons (Fsp3) is 0.500. The Bertz CT molecular complexity index is 496. The maximum Gasteiger partial charge on any atom is 0.260 e. The fourth-order valence-electron chi connectivity index (χ4n) is 2.48. The first-order chi connectivity index (χ1) is 9.51. The average molecular weight is 317 g/mol. The molecular weight excluding hydrogens is 299 g/mol. The van der Waals surface area contributed by atoms with Crippen LogP contribution in [0, 0.1) is 5.92 Å². The Hall–Kier alpha value is -0.970.